The number of halogens is 2. The van der Waals surface area contributed by atoms with E-state index in [9.17, 15) is 0 Å². The van der Waals surface area contributed by atoms with E-state index in [1.807, 2.05) is 24.4 Å². The molecule has 0 unspecified atom stereocenters. The van der Waals surface area contributed by atoms with Crippen molar-refractivity contribution in [3.05, 3.63) is 28.5 Å². The second kappa shape index (κ2) is 3.84. The molecule has 0 fully saturated rings. The minimum Gasteiger partial charge on any atom is -0.361 e. The summed E-state index contributed by atoms with van der Waals surface area (Å²) in [6.45, 7) is 0. The highest BCUT2D eigenvalue weighted by molar-refractivity contribution is 9.10. The van der Waals surface area contributed by atoms with Crippen LogP contribution in [0.5, 0.6) is 0 Å². The molecule has 0 aromatic carbocycles. The molecule has 1 aromatic heterocycles. The van der Waals surface area contributed by atoms with E-state index in [1.54, 1.807) is 0 Å². The predicted octanol–water partition coefficient (Wildman–Crippen LogP) is 3.03. The number of alkyl halides is 1. The summed E-state index contributed by atoms with van der Waals surface area (Å²) in [5.74, 6) is 0.552. The van der Waals surface area contributed by atoms with E-state index in [4.69, 9.17) is 11.6 Å². The number of nitrogens with one attached hydrogen (secondary N) is 1. The maximum Gasteiger partial charge on any atom is 0.0407 e. The first-order chi connectivity index (χ1) is 4.83. The predicted molar refractivity (Wildman–Crippen MR) is 48.2 cm³/mol. The SMILES string of the molecule is ClCC=Cc1cc(Br)c[nH]1. The lowest BCUT2D eigenvalue weighted by Gasteiger charge is -1.80. The molecule has 54 valence electrons. The van der Waals surface area contributed by atoms with Gasteiger partial charge in [-0.1, -0.05) is 6.08 Å². The molecule has 0 atom stereocenters. The highest BCUT2D eigenvalue weighted by Gasteiger charge is 1.88. The summed E-state index contributed by atoms with van der Waals surface area (Å²) in [6, 6.07) is 1.99. The molecular weight excluding hydrogens is 213 g/mol. The Balaban J connectivity index is 2.67. The first-order valence-corrected chi connectivity index (χ1v) is 4.22. The van der Waals surface area contributed by atoms with Crippen LogP contribution in [0.3, 0.4) is 0 Å². The third-order valence-electron chi connectivity index (χ3n) is 1.06. The fraction of sp³-hybridized carbons (Fsp3) is 0.143. The molecule has 1 N–H and O–H groups in total. The molecule has 0 radical (unpaired) electrons. The molecule has 1 aromatic rings. The standard InChI is InChI=1S/C7H7BrClN/c8-6-4-7(10-5-6)2-1-3-9/h1-2,4-5,10H,3H2. The number of aromatic nitrogens is 1. The van der Waals surface area contributed by atoms with Gasteiger partial charge in [-0.15, -0.1) is 11.6 Å². The van der Waals surface area contributed by atoms with Crippen molar-refractivity contribution in [2.45, 2.75) is 0 Å². The molecule has 1 heterocycles. The Morgan fingerprint density at radius 3 is 3.00 bits per heavy atom. The smallest absolute Gasteiger partial charge is 0.0407 e. The van der Waals surface area contributed by atoms with Crippen molar-refractivity contribution in [2.24, 2.45) is 0 Å². The van der Waals surface area contributed by atoms with Crippen LogP contribution in [-0.2, 0) is 0 Å². The van der Waals surface area contributed by atoms with E-state index in [1.165, 1.54) is 0 Å². The van der Waals surface area contributed by atoms with E-state index in [-0.39, 0.29) is 0 Å². The zero-order chi connectivity index (χ0) is 7.40. The Labute approximate surface area is 73.2 Å². The Kier molecular flexibility index (Phi) is 3.03. The van der Waals surface area contributed by atoms with Crippen molar-refractivity contribution < 1.29 is 0 Å². The quantitative estimate of drug-likeness (QED) is 0.738. The van der Waals surface area contributed by atoms with E-state index in [0.717, 1.165) is 10.2 Å². The van der Waals surface area contributed by atoms with Crippen LogP contribution in [0, 0.1) is 0 Å². The lowest BCUT2D eigenvalue weighted by atomic mass is 10.4. The molecule has 1 rings (SSSR count). The first-order valence-electron chi connectivity index (χ1n) is 2.89. The van der Waals surface area contributed by atoms with Crippen molar-refractivity contribution in [3.63, 3.8) is 0 Å². The van der Waals surface area contributed by atoms with Gasteiger partial charge in [0, 0.05) is 22.2 Å². The van der Waals surface area contributed by atoms with Gasteiger partial charge in [-0.2, -0.15) is 0 Å². The fourth-order valence-corrected chi connectivity index (χ4v) is 1.10. The first kappa shape index (κ1) is 7.89. The Bertz CT molecular complexity index is 229. The summed E-state index contributed by atoms with van der Waals surface area (Å²) >= 11 is 8.77. The van der Waals surface area contributed by atoms with Crippen LogP contribution in [0.1, 0.15) is 5.69 Å². The number of hydrogen-bond donors (Lipinski definition) is 1. The average Bonchev–Trinajstić information content (AvgIpc) is 2.31. The number of allylic oxidation sites excluding steroid dienone is 1. The normalized spacial score (nSPS) is 11.0. The van der Waals surface area contributed by atoms with Gasteiger partial charge >= 0.3 is 0 Å². The second-order valence-corrected chi connectivity index (χ2v) is 3.05. The zero-order valence-electron chi connectivity index (χ0n) is 5.27. The molecule has 0 amide bonds. The van der Waals surface area contributed by atoms with Gasteiger partial charge in [0.1, 0.15) is 0 Å². The summed E-state index contributed by atoms with van der Waals surface area (Å²) in [5, 5.41) is 0. The van der Waals surface area contributed by atoms with Crippen molar-refractivity contribution >= 4 is 33.6 Å². The van der Waals surface area contributed by atoms with E-state index in [0.29, 0.717) is 5.88 Å². The van der Waals surface area contributed by atoms with Gasteiger partial charge in [-0.3, -0.25) is 0 Å². The van der Waals surface area contributed by atoms with Crippen molar-refractivity contribution in [1.29, 1.82) is 0 Å². The molecule has 0 aliphatic carbocycles. The summed E-state index contributed by atoms with van der Waals surface area (Å²) < 4.78 is 1.06. The van der Waals surface area contributed by atoms with Gasteiger partial charge in [0.05, 0.1) is 0 Å². The van der Waals surface area contributed by atoms with Gasteiger partial charge in [0.2, 0.25) is 0 Å². The topological polar surface area (TPSA) is 15.8 Å². The number of rotatable bonds is 2. The van der Waals surface area contributed by atoms with Crippen LogP contribution in [0.4, 0.5) is 0 Å². The van der Waals surface area contributed by atoms with Crippen LogP contribution < -0.4 is 0 Å². The lowest BCUT2D eigenvalue weighted by Crippen LogP contribution is -1.66. The van der Waals surface area contributed by atoms with E-state index >= 15 is 0 Å². The summed E-state index contributed by atoms with van der Waals surface area (Å²) in [5.41, 5.74) is 1.06. The maximum absolute atomic E-state index is 5.45. The molecule has 0 aliphatic heterocycles. The highest BCUT2D eigenvalue weighted by Crippen LogP contribution is 2.11. The highest BCUT2D eigenvalue weighted by atomic mass is 79.9. The third kappa shape index (κ3) is 2.20. The lowest BCUT2D eigenvalue weighted by molar-refractivity contribution is 1.37. The molecule has 1 nitrogen and oxygen atoms in total. The Hall–Kier alpha value is -0.210. The van der Waals surface area contributed by atoms with Gasteiger partial charge in [-0.25, -0.2) is 0 Å². The van der Waals surface area contributed by atoms with Gasteiger partial charge in [-0.05, 0) is 28.1 Å². The van der Waals surface area contributed by atoms with Crippen LogP contribution in [-0.4, -0.2) is 10.9 Å². The van der Waals surface area contributed by atoms with Crippen LogP contribution in [0.15, 0.2) is 22.8 Å². The maximum atomic E-state index is 5.45. The molecule has 0 aliphatic rings. The van der Waals surface area contributed by atoms with Crippen molar-refractivity contribution in [1.82, 2.24) is 4.98 Å². The Morgan fingerprint density at radius 1 is 1.70 bits per heavy atom. The molecular formula is C7H7BrClN. The van der Waals surface area contributed by atoms with Crippen LogP contribution in [0.25, 0.3) is 6.08 Å². The summed E-state index contributed by atoms with van der Waals surface area (Å²) in [4.78, 5) is 3.05. The summed E-state index contributed by atoms with van der Waals surface area (Å²) in [7, 11) is 0. The zero-order valence-corrected chi connectivity index (χ0v) is 7.61. The minimum absolute atomic E-state index is 0.552. The number of aromatic amines is 1. The molecule has 0 saturated carbocycles. The van der Waals surface area contributed by atoms with Crippen LogP contribution in [0.2, 0.25) is 0 Å². The van der Waals surface area contributed by atoms with Gasteiger partial charge in [0.15, 0.2) is 0 Å². The monoisotopic (exact) mass is 219 g/mol. The van der Waals surface area contributed by atoms with Gasteiger partial charge in [0.25, 0.3) is 0 Å². The molecule has 3 heteroatoms. The van der Waals surface area contributed by atoms with E-state index in [2.05, 4.69) is 20.9 Å². The third-order valence-corrected chi connectivity index (χ3v) is 1.69. The average molecular weight is 220 g/mol. The van der Waals surface area contributed by atoms with Crippen molar-refractivity contribution in [3.8, 4) is 0 Å². The summed E-state index contributed by atoms with van der Waals surface area (Å²) in [6.07, 6.45) is 5.71. The Morgan fingerprint density at radius 2 is 2.50 bits per heavy atom. The largest absolute Gasteiger partial charge is 0.361 e. The van der Waals surface area contributed by atoms with Gasteiger partial charge < -0.3 is 4.98 Å². The number of H-pyrrole nitrogens is 1. The fourth-order valence-electron chi connectivity index (χ4n) is 0.652. The van der Waals surface area contributed by atoms with E-state index < -0.39 is 0 Å². The molecule has 0 bridgehead atoms. The van der Waals surface area contributed by atoms with Crippen molar-refractivity contribution in [2.75, 3.05) is 5.88 Å². The van der Waals surface area contributed by atoms with Crippen LogP contribution >= 0.6 is 27.5 Å². The minimum atomic E-state index is 0.552. The number of hydrogen-bond acceptors (Lipinski definition) is 0. The molecule has 10 heavy (non-hydrogen) atoms. The molecule has 0 spiro atoms. The second-order valence-electron chi connectivity index (χ2n) is 1.83. The molecule has 0 saturated heterocycles.